The van der Waals surface area contributed by atoms with Crippen LogP contribution in [0.4, 0.5) is 0 Å². The normalized spacial score (nSPS) is 11.7. The van der Waals surface area contributed by atoms with Gasteiger partial charge in [0.25, 0.3) is 5.91 Å². The Morgan fingerprint density at radius 3 is 2.33 bits per heavy atom. The molecule has 4 rings (SSSR count). The largest absolute Gasteiger partial charge is 0.347 e. The minimum absolute atomic E-state index is 0.205. The van der Waals surface area contributed by atoms with Crippen LogP contribution < -0.4 is 10.6 Å². The Kier molecular flexibility index (Phi) is 5.80. The van der Waals surface area contributed by atoms with E-state index in [0.29, 0.717) is 23.5 Å². The van der Waals surface area contributed by atoms with Crippen LogP contribution in [-0.4, -0.2) is 32.5 Å². The van der Waals surface area contributed by atoms with E-state index in [1.165, 1.54) is 0 Å². The van der Waals surface area contributed by atoms with Crippen LogP contribution >= 0.6 is 0 Å². The number of fused-ring (bicyclic) bond motifs is 1. The molecule has 2 aromatic carbocycles. The van der Waals surface area contributed by atoms with Crippen molar-refractivity contribution in [2.75, 3.05) is 0 Å². The second-order valence-corrected chi connectivity index (χ2v) is 6.84. The van der Waals surface area contributed by atoms with Crippen LogP contribution in [0.2, 0.25) is 0 Å². The van der Waals surface area contributed by atoms with E-state index in [9.17, 15) is 9.59 Å². The maximum atomic E-state index is 13.0. The van der Waals surface area contributed by atoms with Gasteiger partial charge in [-0.15, -0.1) is 10.2 Å². The summed E-state index contributed by atoms with van der Waals surface area (Å²) in [6.45, 7) is 0.205. The third kappa shape index (κ3) is 4.52. The van der Waals surface area contributed by atoms with Crippen molar-refractivity contribution >= 4 is 17.5 Å². The highest BCUT2D eigenvalue weighted by molar-refractivity contribution is 5.97. The van der Waals surface area contributed by atoms with Gasteiger partial charge in [0.1, 0.15) is 6.04 Å². The Bertz CT molecular complexity index is 1140. The maximum absolute atomic E-state index is 13.0. The van der Waals surface area contributed by atoms with Crippen molar-refractivity contribution in [2.24, 2.45) is 0 Å². The molecule has 0 aliphatic rings. The van der Waals surface area contributed by atoms with Crippen molar-refractivity contribution in [3.8, 4) is 0 Å². The van der Waals surface area contributed by atoms with E-state index < -0.39 is 6.04 Å². The molecular formula is C23H21N5O2. The summed E-state index contributed by atoms with van der Waals surface area (Å²) in [5, 5.41) is 14.0. The van der Waals surface area contributed by atoms with Crippen molar-refractivity contribution in [1.29, 1.82) is 0 Å². The van der Waals surface area contributed by atoms with Gasteiger partial charge in [-0.25, -0.2) is 0 Å². The van der Waals surface area contributed by atoms with Crippen LogP contribution in [0.1, 0.15) is 21.7 Å². The van der Waals surface area contributed by atoms with Crippen molar-refractivity contribution < 1.29 is 9.59 Å². The zero-order valence-corrected chi connectivity index (χ0v) is 16.2. The zero-order valence-electron chi connectivity index (χ0n) is 16.2. The molecule has 0 aliphatic heterocycles. The number of pyridine rings is 1. The van der Waals surface area contributed by atoms with Gasteiger partial charge in [-0.3, -0.25) is 14.0 Å². The van der Waals surface area contributed by atoms with Crippen LogP contribution in [0.3, 0.4) is 0 Å². The molecule has 2 N–H and O–H groups in total. The topological polar surface area (TPSA) is 88.4 Å². The molecule has 2 aromatic heterocycles. The quantitative estimate of drug-likeness (QED) is 0.499. The van der Waals surface area contributed by atoms with Gasteiger partial charge in [0, 0.05) is 18.2 Å². The van der Waals surface area contributed by atoms with Crippen LogP contribution in [0.15, 0.2) is 85.1 Å². The molecular weight excluding hydrogens is 378 g/mol. The lowest BCUT2D eigenvalue weighted by molar-refractivity contribution is -0.123. The minimum Gasteiger partial charge on any atom is -0.347 e. The standard InChI is InChI=1S/C23H21N5O2/c29-22(18-11-5-2-6-12-18)25-19(15-17-9-3-1-4-10-17)23(30)24-16-21-27-26-20-13-7-8-14-28(20)21/h1-14,19H,15-16H2,(H,24,30)(H,25,29). The maximum Gasteiger partial charge on any atom is 0.251 e. The van der Waals surface area contributed by atoms with Gasteiger partial charge in [0.05, 0.1) is 6.54 Å². The van der Waals surface area contributed by atoms with E-state index >= 15 is 0 Å². The second kappa shape index (κ2) is 9.00. The molecule has 1 atom stereocenters. The number of carbonyl (C=O) groups is 2. The Morgan fingerprint density at radius 2 is 1.57 bits per heavy atom. The summed E-state index contributed by atoms with van der Waals surface area (Å²) in [6.07, 6.45) is 2.22. The SMILES string of the molecule is O=C(NC(Cc1ccccc1)C(=O)NCc1nnc2ccccn12)c1ccccc1. The fourth-order valence-corrected chi connectivity index (χ4v) is 3.19. The molecule has 4 aromatic rings. The lowest BCUT2D eigenvalue weighted by atomic mass is 10.0. The molecule has 0 aliphatic carbocycles. The van der Waals surface area contributed by atoms with Crippen molar-refractivity contribution in [1.82, 2.24) is 25.2 Å². The summed E-state index contributed by atoms with van der Waals surface area (Å²) >= 11 is 0. The van der Waals surface area contributed by atoms with E-state index in [0.717, 1.165) is 5.56 Å². The smallest absolute Gasteiger partial charge is 0.251 e. The number of hydrogen-bond acceptors (Lipinski definition) is 4. The zero-order chi connectivity index (χ0) is 20.8. The molecule has 0 saturated carbocycles. The highest BCUT2D eigenvalue weighted by atomic mass is 16.2. The summed E-state index contributed by atoms with van der Waals surface area (Å²) in [4.78, 5) is 25.6. The van der Waals surface area contributed by atoms with Gasteiger partial charge < -0.3 is 10.6 Å². The summed E-state index contributed by atoms with van der Waals surface area (Å²) < 4.78 is 1.81. The summed E-state index contributed by atoms with van der Waals surface area (Å²) in [5.74, 6) is 0.0437. The van der Waals surface area contributed by atoms with E-state index in [-0.39, 0.29) is 18.4 Å². The van der Waals surface area contributed by atoms with E-state index in [1.54, 1.807) is 24.3 Å². The van der Waals surface area contributed by atoms with Gasteiger partial charge in [-0.1, -0.05) is 54.6 Å². The van der Waals surface area contributed by atoms with Crippen LogP contribution in [0.25, 0.3) is 5.65 Å². The number of nitrogens with one attached hydrogen (secondary N) is 2. The fraction of sp³-hybridized carbons (Fsp3) is 0.130. The lowest BCUT2D eigenvalue weighted by Crippen LogP contribution is -2.48. The summed E-state index contributed by atoms with van der Waals surface area (Å²) in [7, 11) is 0. The molecule has 0 fully saturated rings. The van der Waals surface area contributed by atoms with E-state index in [2.05, 4.69) is 20.8 Å². The third-order valence-corrected chi connectivity index (χ3v) is 4.75. The molecule has 0 radical (unpaired) electrons. The number of rotatable bonds is 7. The van der Waals surface area contributed by atoms with Crippen LogP contribution in [0, 0.1) is 0 Å². The van der Waals surface area contributed by atoms with E-state index in [4.69, 9.17) is 0 Å². The predicted molar refractivity (Wildman–Crippen MR) is 113 cm³/mol. The van der Waals surface area contributed by atoms with Gasteiger partial charge in [-0.05, 0) is 29.8 Å². The monoisotopic (exact) mass is 399 g/mol. The number of nitrogens with zero attached hydrogens (tertiary/aromatic N) is 3. The van der Waals surface area contributed by atoms with Crippen molar-refractivity contribution in [3.05, 3.63) is 102 Å². The first-order chi connectivity index (χ1) is 14.7. The Balaban J connectivity index is 1.49. The molecule has 0 saturated heterocycles. The highest BCUT2D eigenvalue weighted by Gasteiger charge is 2.22. The summed E-state index contributed by atoms with van der Waals surface area (Å²) in [5.41, 5.74) is 2.17. The predicted octanol–water partition coefficient (Wildman–Crippen LogP) is 2.39. The van der Waals surface area contributed by atoms with Gasteiger partial charge in [-0.2, -0.15) is 0 Å². The van der Waals surface area contributed by atoms with Crippen LogP contribution in [-0.2, 0) is 17.8 Å². The molecule has 7 heteroatoms. The average molecular weight is 399 g/mol. The Morgan fingerprint density at radius 1 is 0.867 bits per heavy atom. The number of hydrogen-bond donors (Lipinski definition) is 2. The van der Waals surface area contributed by atoms with Gasteiger partial charge in [0.15, 0.2) is 11.5 Å². The van der Waals surface area contributed by atoms with Crippen LogP contribution in [0.5, 0.6) is 0 Å². The summed E-state index contributed by atoms with van der Waals surface area (Å²) in [6, 6.07) is 23.3. The number of benzene rings is 2. The fourth-order valence-electron chi connectivity index (χ4n) is 3.19. The van der Waals surface area contributed by atoms with Crippen molar-refractivity contribution in [3.63, 3.8) is 0 Å². The average Bonchev–Trinajstić information content (AvgIpc) is 3.21. The molecule has 0 bridgehead atoms. The second-order valence-electron chi connectivity index (χ2n) is 6.84. The molecule has 0 spiro atoms. The Hall–Kier alpha value is -4.00. The highest BCUT2D eigenvalue weighted by Crippen LogP contribution is 2.07. The minimum atomic E-state index is -0.723. The molecule has 2 heterocycles. The Labute approximate surface area is 173 Å². The molecule has 7 nitrogen and oxygen atoms in total. The molecule has 150 valence electrons. The van der Waals surface area contributed by atoms with Crippen molar-refractivity contribution in [2.45, 2.75) is 19.0 Å². The molecule has 30 heavy (non-hydrogen) atoms. The first-order valence-electron chi connectivity index (χ1n) is 9.67. The third-order valence-electron chi connectivity index (χ3n) is 4.75. The first-order valence-corrected chi connectivity index (χ1v) is 9.67. The number of amides is 2. The number of aromatic nitrogens is 3. The van der Waals surface area contributed by atoms with Gasteiger partial charge >= 0.3 is 0 Å². The molecule has 2 amide bonds. The number of carbonyl (C=O) groups excluding carboxylic acids is 2. The van der Waals surface area contributed by atoms with E-state index in [1.807, 2.05) is 65.2 Å². The molecule has 1 unspecified atom stereocenters. The van der Waals surface area contributed by atoms with Gasteiger partial charge in [0.2, 0.25) is 5.91 Å². The first kappa shape index (κ1) is 19.3. The lowest BCUT2D eigenvalue weighted by Gasteiger charge is -2.18.